The first-order valence-corrected chi connectivity index (χ1v) is 12.1. The summed E-state index contributed by atoms with van der Waals surface area (Å²) in [5.74, 6) is 3.57. The lowest BCUT2D eigenvalue weighted by molar-refractivity contribution is -0.141. The van der Waals surface area contributed by atoms with Gasteiger partial charge in [0, 0.05) is 38.2 Å². The van der Waals surface area contributed by atoms with E-state index in [-0.39, 0.29) is 5.91 Å². The minimum atomic E-state index is 0.0958. The number of piperazine rings is 1. The first-order valence-electron chi connectivity index (χ1n) is 12.1. The normalized spacial score (nSPS) is 32.7. The molecule has 4 aliphatic carbocycles. The van der Waals surface area contributed by atoms with Crippen LogP contribution < -0.4 is 0 Å². The number of amides is 2. The number of rotatable bonds is 4. The third kappa shape index (κ3) is 3.78. The molecule has 4 nitrogen and oxygen atoms in total. The predicted molar refractivity (Wildman–Crippen MR) is 118 cm³/mol. The number of hydrogen-bond donors (Lipinski definition) is 0. The number of carbonyl (C=O) groups is 2. The van der Waals surface area contributed by atoms with Crippen molar-refractivity contribution in [3.63, 3.8) is 0 Å². The van der Waals surface area contributed by atoms with Crippen molar-refractivity contribution in [3.8, 4) is 0 Å². The fourth-order valence-corrected chi connectivity index (χ4v) is 7.29. The smallest absolute Gasteiger partial charge is 0.253 e. The number of hydrogen-bond acceptors (Lipinski definition) is 2. The highest BCUT2D eigenvalue weighted by molar-refractivity contribution is 5.94. The lowest BCUT2D eigenvalue weighted by Gasteiger charge is -2.57. The van der Waals surface area contributed by atoms with Crippen molar-refractivity contribution >= 4 is 11.8 Å². The first kappa shape index (κ1) is 20.1. The maximum Gasteiger partial charge on any atom is 0.253 e. The van der Waals surface area contributed by atoms with Gasteiger partial charge in [0.15, 0.2) is 0 Å². The van der Waals surface area contributed by atoms with Gasteiger partial charge in [-0.2, -0.15) is 0 Å². The van der Waals surface area contributed by atoms with Gasteiger partial charge in [-0.3, -0.25) is 9.59 Å². The van der Waals surface area contributed by atoms with E-state index in [0.29, 0.717) is 43.4 Å². The Kier molecular flexibility index (Phi) is 5.15. The average Bonchev–Trinajstić information content (AvgIpc) is 2.72. The summed E-state index contributed by atoms with van der Waals surface area (Å²) >= 11 is 0. The number of carbonyl (C=O) groups excluding carboxylic acids is 2. The SMILES string of the molecule is CC(C)c1ccc(C(=O)N2CCN(C(=O)CC34CC5CC(CC(C5)C3)C4)CC2)cc1. The van der Waals surface area contributed by atoms with Crippen molar-refractivity contribution in [3.05, 3.63) is 35.4 Å². The molecule has 1 aromatic rings. The van der Waals surface area contributed by atoms with Crippen molar-refractivity contribution < 1.29 is 9.59 Å². The fraction of sp³-hybridized carbons (Fsp3) is 0.692. The third-order valence-electron chi connectivity index (χ3n) is 8.44. The van der Waals surface area contributed by atoms with Crippen LogP contribution in [0.3, 0.4) is 0 Å². The molecule has 1 aliphatic heterocycles. The molecule has 30 heavy (non-hydrogen) atoms. The topological polar surface area (TPSA) is 40.6 Å². The summed E-state index contributed by atoms with van der Waals surface area (Å²) in [5.41, 5.74) is 2.32. The highest BCUT2D eigenvalue weighted by Gasteiger charge is 2.51. The van der Waals surface area contributed by atoms with E-state index in [1.165, 1.54) is 44.1 Å². The van der Waals surface area contributed by atoms with Crippen LogP contribution in [0.4, 0.5) is 0 Å². The highest BCUT2D eigenvalue weighted by Crippen LogP contribution is 2.61. The average molecular weight is 409 g/mol. The molecular formula is C26H36N2O2. The molecule has 0 atom stereocenters. The molecule has 4 heteroatoms. The van der Waals surface area contributed by atoms with Gasteiger partial charge in [0.2, 0.25) is 5.91 Å². The summed E-state index contributed by atoms with van der Waals surface area (Å²) in [6, 6.07) is 8.01. The molecule has 4 saturated carbocycles. The maximum absolute atomic E-state index is 13.2. The van der Waals surface area contributed by atoms with Crippen molar-refractivity contribution in [2.24, 2.45) is 23.2 Å². The van der Waals surface area contributed by atoms with Crippen LogP contribution in [0.25, 0.3) is 0 Å². The monoisotopic (exact) mass is 408 g/mol. The standard InChI is InChI=1S/C26H36N2O2/c1-18(2)22-3-5-23(6-4-22)25(30)28-9-7-27(8-10-28)24(29)17-26-14-19-11-20(15-26)13-21(12-19)16-26/h3-6,18-21H,7-17H2,1-2H3. The Labute approximate surface area is 181 Å². The summed E-state index contributed by atoms with van der Waals surface area (Å²) < 4.78 is 0. The van der Waals surface area contributed by atoms with Crippen LogP contribution >= 0.6 is 0 Å². The van der Waals surface area contributed by atoms with Crippen LogP contribution in [-0.2, 0) is 4.79 Å². The summed E-state index contributed by atoms with van der Waals surface area (Å²) in [4.78, 5) is 30.0. The summed E-state index contributed by atoms with van der Waals surface area (Å²) in [7, 11) is 0. The minimum Gasteiger partial charge on any atom is -0.339 e. The Morgan fingerprint density at radius 3 is 1.87 bits per heavy atom. The summed E-state index contributed by atoms with van der Waals surface area (Å²) in [6.07, 6.45) is 8.88. The molecule has 1 heterocycles. The molecule has 2 amide bonds. The Hall–Kier alpha value is -1.84. The predicted octanol–water partition coefficient (Wildman–Crippen LogP) is 4.70. The van der Waals surface area contributed by atoms with Crippen LogP contribution in [0, 0.1) is 23.2 Å². The van der Waals surface area contributed by atoms with Crippen LogP contribution in [0.5, 0.6) is 0 Å². The molecular weight excluding hydrogens is 372 g/mol. The molecule has 6 rings (SSSR count). The first-order chi connectivity index (χ1) is 14.4. The highest BCUT2D eigenvalue weighted by atomic mass is 16.2. The van der Waals surface area contributed by atoms with Crippen molar-refractivity contribution in [2.75, 3.05) is 26.2 Å². The van der Waals surface area contributed by atoms with E-state index >= 15 is 0 Å². The Balaban J connectivity index is 1.16. The number of nitrogens with zero attached hydrogens (tertiary/aromatic N) is 2. The van der Waals surface area contributed by atoms with E-state index in [2.05, 4.69) is 26.0 Å². The maximum atomic E-state index is 13.2. The van der Waals surface area contributed by atoms with E-state index in [4.69, 9.17) is 0 Å². The van der Waals surface area contributed by atoms with Gasteiger partial charge in [-0.15, -0.1) is 0 Å². The van der Waals surface area contributed by atoms with E-state index < -0.39 is 0 Å². The zero-order chi connectivity index (χ0) is 20.9. The fourth-order valence-electron chi connectivity index (χ4n) is 7.29. The second-order valence-corrected chi connectivity index (χ2v) is 11.0. The zero-order valence-corrected chi connectivity index (χ0v) is 18.6. The van der Waals surface area contributed by atoms with Gasteiger partial charge in [-0.1, -0.05) is 26.0 Å². The zero-order valence-electron chi connectivity index (χ0n) is 18.6. The van der Waals surface area contributed by atoms with Crippen LogP contribution in [-0.4, -0.2) is 47.8 Å². The van der Waals surface area contributed by atoms with Gasteiger partial charge < -0.3 is 9.80 Å². The number of benzene rings is 1. The summed E-state index contributed by atoms with van der Waals surface area (Å²) in [6.45, 7) is 6.99. The lowest BCUT2D eigenvalue weighted by atomic mass is 9.49. The molecule has 0 radical (unpaired) electrons. The van der Waals surface area contributed by atoms with Crippen LogP contribution in [0.15, 0.2) is 24.3 Å². The largest absolute Gasteiger partial charge is 0.339 e. The molecule has 0 spiro atoms. The van der Waals surface area contributed by atoms with Gasteiger partial charge in [-0.25, -0.2) is 0 Å². The van der Waals surface area contributed by atoms with Crippen LogP contribution in [0.2, 0.25) is 0 Å². The molecule has 0 unspecified atom stereocenters. The summed E-state index contributed by atoms with van der Waals surface area (Å²) in [5, 5.41) is 0. The lowest BCUT2D eigenvalue weighted by Crippen LogP contribution is -2.53. The Bertz CT molecular complexity index is 770. The molecule has 5 aliphatic rings. The van der Waals surface area contributed by atoms with Crippen molar-refractivity contribution in [1.82, 2.24) is 9.80 Å². The molecule has 0 N–H and O–H groups in total. The molecule has 1 aromatic carbocycles. The Morgan fingerprint density at radius 2 is 1.37 bits per heavy atom. The van der Waals surface area contributed by atoms with Gasteiger partial charge in [0.25, 0.3) is 5.91 Å². The molecule has 0 aromatic heterocycles. The molecule has 4 bridgehead atoms. The quantitative estimate of drug-likeness (QED) is 0.724. The molecule has 162 valence electrons. The van der Waals surface area contributed by atoms with Crippen molar-refractivity contribution in [2.45, 2.75) is 64.7 Å². The van der Waals surface area contributed by atoms with Crippen molar-refractivity contribution in [1.29, 1.82) is 0 Å². The van der Waals surface area contributed by atoms with Gasteiger partial charge in [0.05, 0.1) is 0 Å². The van der Waals surface area contributed by atoms with E-state index in [0.717, 1.165) is 29.7 Å². The Morgan fingerprint density at radius 1 is 0.867 bits per heavy atom. The van der Waals surface area contributed by atoms with E-state index in [9.17, 15) is 9.59 Å². The van der Waals surface area contributed by atoms with Gasteiger partial charge in [-0.05, 0) is 85.3 Å². The van der Waals surface area contributed by atoms with Gasteiger partial charge >= 0.3 is 0 Å². The van der Waals surface area contributed by atoms with E-state index in [1.54, 1.807) is 0 Å². The van der Waals surface area contributed by atoms with Gasteiger partial charge in [0.1, 0.15) is 0 Å². The third-order valence-corrected chi connectivity index (χ3v) is 8.44. The molecule has 1 saturated heterocycles. The second-order valence-electron chi connectivity index (χ2n) is 11.0. The van der Waals surface area contributed by atoms with Crippen LogP contribution in [0.1, 0.15) is 80.6 Å². The molecule has 5 fully saturated rings. The minimum absolute atomic E-state index is 0.0958. The second kappa shape index (κ2) is 7.69. The van der Waals surface area contributed by atoms with E-state index in [1.807, 2.05) is 21.9 Å².